The number of rotatable bonds is 7. The average molecular weight is 523 g/mol. The van der Waals surface area contributed by atoms with Crippen molar-refractivity contribution in [1.82, 2.24) is 0 Å². The van der Waals surface area contributed by atoms with Crippen LogP contribution in [-0.2, 0) is 6.42 Å². The van der Waals surface area contributed by atoms with Crippen LogP contribution in [0.4, 0.5) is 22.0 Å². The molecule has 0 saturated heterocycles. The van der Waals surface area contributed by atoms with Crippen molar-refractivity contribution in [2.45, 2.75) is 116 Å². The van der Waals surface area contributed by atoms with E-state index in [2.05, 4.69) is 6.92 Å². The molecule has 37 heavy (non-hydrogen) atoms. The van der Waals surface area contributed by atoms with E-state index in [4.69, 9.17) is 0 Å². The highest BCUT2D eigenvalue weighted by Crippen LogP contribution is 2.46. The highest BCUT2D eigenvalue weighted by molar-refractivity contribution is 5.40. The first kappa shape index (κ1) is 28.4. The Hall–Kier alpha value is -1.57. The predicted molar refractivity (Wildman–Crippen MR) is 139 cm³/mol. The van der Waals surface area contributed by atoms with Crippen LogP contribution in [0.3, 0.4) is 0 Å². The smallest absolute Gasteiger partial charge is 0.206 e. The third kappa shape index (κ3) is 8.21. The quantitative estimate of drug-likeness (QED) is 0.247. The molecular formula is C32H43F5. The van der Waals surface area contributed by atoms with Gasteiger partial charge in [-0.1, -0.05) is 51.4 Å². The second kappa shape index (κ2) is 13.0. The Balaban J connectivity index is 1.17. The molecule has 0 atom stereocenters. The Bertz CT molecular complexity index is 892. The van der Waals surface area contributed by atoms with Crippen LogP contribution in [0.2, 0.25) is 0 Å². The van der Waals surface area contributed by atoms with Gasteiger partial charge < -0.3 is 0 Å². The summed E-state index contributed by atoms with van der Waals surface area (Å²) in [5.41, 5.74) is -0.308. The van der Waals surface area contributed by atoms with E-state index in [0.29, 0.717) is 17.9 Å². The maximum atomic E-state index is 14.2. The van der Waals surface area contributed by atoms with Crippen LogP contribution in [-0.4, -0.2) is 6.18 Å². The molecule has 3 aliphatic carbocycles. The van der Waals surface area contributed by atoms with Gasteiger partial charge in [0.25, 0.3) is 0 Å². The molecule has 0 aromatic heterocycles. The van der Waals surface area contributed by atoms with Crippen molar-refractivity contribution in [3.8, 4) is 11.8 Å². The molecule has 206 valence electrons. The fourth-order valence-electron chi connectivity index (χ4n) is 7.79. The molecule has 3 aliphatic rings. The van der Waals surface area contributed by atoms with Gasteiger partial charge in [-0.15, -0.1) is 0 Å². The van der Waals surface area contributed by atoms with Gasteiger partial charge in [-0.3, -0.25) is 0 Å². The third-order valence-corrected chi connectivity index (χ3v) is 9.90. The summed E-state index contributed by atoms with van der Waals surface area (Å²) in [6.07, 6.45) is 15.7. The molecule has 0 bridgehead atoms. The van der Waals surface area contributed by atoms with Crippen LogP contribution < -0.4 is 0 Å². The Morgan fingerprint density at radius 3 is 1.49 bits per heavy atom. The minimum absolute atomic E-state index is 0.497. The first-order chi connectivity index (χ1) is 17.7. The van der Waals surface area contributed by atoms with Gasteiger partial charge in [0.1, 0.15) is 11.6 Å². The summed E-state index contributed by atoms with van der Waals surface area (Å²) in [7, 11) is 0. The zero-order valence-corrected chi connectivity index (χ0v) is 22.3. The second-order valence-corrected chi connectivity index (χ2v) is 12.2. The van der Waals surface area contributed by atoms with Crippen molar-refractivity contribution in [2.75, 3.05) is 0 Å². The SMILES string of the molecule is CCCC1CCC(C2CCC(C3CCC(CCc4cc(F)c(C#CC(F)(F)F)c(F)c4)CC3)CC2)CC1. The Kier molecular flexibility index (Phi) is 9.98. The van der Waals surface area contributed by atoms with Gasteiger partial charge in [-0.2, -0.15) is 13.2 Å². The number of halogens is 5. The first-order valence-electron chi connectivity index (χ1n) is 14.8. The van der Waals surface area contributed by atoms with Crippen LogP contribution >= 0.6 is 0 Å². The van der Waals surface area contributed by atoms with E-state index in [9.17, 15) is 22.0 Å². The lowest BCUT2D eigenvalue weighted by molar-refractivity contribution is -0.0696. The van der Waals surface area contributed by atoms with Crippen LogP contribution in [0.25, 0.3) is 0 Å². The Morgan fingerprint density at radius 1 is 0.676 bits per heavy atom. The van der Waals surface area contributed by atoms with Crippen molar-refractivity contribution in [2.24, 2.45) is 35.5 Å². The fraction of sp³-hybridized carbons (Fsp3) is 0.750. The highest BCUT2D eigenvalue weighted by atomic mass is 19.4. The molecule has 0 amide bonds. The molecule has 3 fully saturated rings. The highest BCUT2D eigenvalue weighted by Gasteiger charge is 2.34. The van der Waals surface area contributed by atoms with Crippen LogP contribution in [0.5, 0.6) is 0 Å². The number of benzene rings is 1. The normalized spacial score (nSPS) is 31.0. The van der Waals surface area contributed by atoms with Gasteiger partial charge in [0.2, 0.25) is 0 Å². The molecular weight excluding hydrogens is 479 g/mol. The molecule has 1 aromatic carbocycles. The maximum absolute atomic E-state index is 14.2. The van der Waals surface area contributed by atoms with Gasteiger partial charge in [-0.25, -0.2) is 8.78 Å². The lowest BCUT2D eigenvalue weighted by Crippen LogP contribution is -2.29. The summed E-state index contributed by atoms with van der Waals surface area (Å²) in [6.45, 7) is 2.31. The summed E-state index contributed by atoms with van der Waals surface area (Å²) < 4.78 is 65.2. The van der Waals surface area contributed by atoms with Gasteiger partial charge in [0, 0.05) is 5.92 Å². The monoisotopic (exact) mass is 522 g/mol. The Labute approximate surface area is 220 Å². The topological polar surface area (TPSA) is 0 Å². The maximum Gasteiger partial charge on any atom is 0.458 e. The van der Waals surface area contributed by atoms with Crippen LogP contribution in [0.1, 0.15) is 114 Å². The lowest BCUT2D eigenvalue weighted by atomic mass is 9.64. The summed E-state index contributed by atoms with van der Waals surface area (Å²) in [5, 5.41) is 0. The molecule has 5 heteroatoms. The van der Waals surface area contributed by atoms with Crippen molar-refractivity contribution >= 4 is 0 Å². The second-order valence-electron chi connectivity index (χ2n) is 12.2. The van der Waals surface area contributed by atoms with E-state index < -0.39 is 23.4 Å². The molecule has 4 rings (SSSR count). The molecule has 0 N–H and O–H groups in total. The largest absolute Gasteiger partial charge is 0.458 e. The standard InChI is InChI=1S/C32H43F5/c1-2-3-22-6-10-25(11-7-22)27-14-16-28(17-15-27)26-12-8-23(9-13-26)4-5-24-20-30(33)29(31(34)21-24)18-19-32(35,36)37/h20-23,25-28H,2-17H2,1H3. The van der Waals surface area contributed by atoms with E-state index in [1.54, 1.807) is 5.92 Å². The van der Waals surface area contributed by atoms with Crippen LogP contribution in [0.15, 0.2) is 12.1 Å². The van der Waals surface area contributed by atoms with Gasteiger partial charge in [0.15, 0.2) is 0 Å². The molecule has 0 radical (unpaired) electrons. The molecule has 1 aromatic rings. The molecule has 0 nitrogen and oxygen atoms in total. The minimum atomic E-state index is -4.77. The van der Waals surface area contributed by atoms with Crippen molar-refractivity contribution in [3.05, 3.63) is 34.9 Å². The van der Waals surface area contributed by atoms with E-state index in [0.717, 1.165) is 54.1 Å². The van der Waals surface area contributed by atoms with E-state index in [1.807, 2.05) is 0 Å². The van der Waals surface area contributed by atoms with Crippen molar-refractivity contribution < 1.29 is 22.0 Å². The zero-order valence-electron chi connectivity index (χ0n) is 22.3. The molecule has 0 unspecified atom stereocenters. The lowest BCUT2D eigenvalue weighted by Gasteiger charge is -2.41. The average Bonchev–Trinajstić information content (AvgIpc) is 2.87. The van der Waals surface area contributed by atoms with Crippen LogP contribution in [0, 0.1) is 59.0 Å². The van der Waals surface area contributed by atoms with Crippen molar-refractivity contribution in [1.29, 1.82) is 0 Å². The summed E-state index contributed by atoms with van der Waals surface area (Å²) in [5.74, 6) is 5.71. The molecule has 0 spiro atoms. The van der Waals surface area contributed by atoms with Gasteiger partial charge in [-0.05, 0) is 117 Å². The van der Waals surface area contributed by atoms with E-state index in [1.165, 1.54) is 89.9 Å². The summed E-state index contributed by atoms with van der Waals surface area (Å²) >= 11 is 0. The van der Waals surface area contributed by atoms with E-state index >= 15 is 0 Å². The number of hydrogen-bond acceptors (Lipinski definition) is 0. The fourth-order valence-corrected chi connectivity index (χ4v) is 7.79. The predicted octanol–water partition coefficient (Wildman–Crippen LogP) is 10.0. The summed E-state index contributed by atoms with van der Waals surface area (Å²) in [6, 6.07) is 2.29. The Morgan fingerprint density at radius 2 is 1.08 bits per heavy atom. The molecule has 0 heterocycles. The first-order valence-corrected chi connectivity index (χ1v) is 14.8. The minimum Gasteiger partial charge on any atom is -0.206 e. The number of alkyl halides is 3. The molecule has 3 saturated carbocycles. The third-order valence-electron chi connectivity index (χ3n) is 9.90. The zero-order chi connectivity index (χ0) is 26.4. The van der Waals surface area contributed by atoms with Gasteiger partial charge in [0.05, 0.1) is 5.56 Å². The molecule has 0 aliphatic heterocycles. The van der Waals surface area contributed by atoms with Gasteiger partial charge >= 0.3 is 6.18 Å². The number of aryl methyl sites for hydroxylation is 1. The summed E-state index contributed by atoms with van der Waals surface area (Å²) in [4.78, 5) is 0. The van der Waals surface area contributed by atoms with E-state index in [-0.39, 0.29) is 0 Å². The number of hydrogen-bond donors (Lipinski definition) is 0. The van der Waals surface area contributed by atoms with Crippen molar-refractivity contribution in [3.63, 3.8) is 0 Å².